The van der Waals surface area contributed by atoms with E-state index in [1.165, 1.54) is 12.8 Å². The average molecular weight is 259 g/mol. The Kier molecular flexibility index (Phi) is 6.57. The summed E-state index contributed by atoms with van der Waals surface area (Å²) in [5.41, 5.74) is -0.737. The number of hydrogen-bond donors (Lipinski definition) is 3. The van der Waals surface area contributed by atoms with Gasteiger partial charge in [0.05, 0.1) is 24.4 Å². The van der Waals surface area contributed by atoms with Crippen LogP contribution in [0.15, 0.2) is 0 Å². The predicted octanol–water partition coefficient (Wildman–Crippen LogP) is 1.30. The number of ether oxygens (including phenoxy) is 1. The van der Waals surface area contributed by atoms with Crippen LogP contribution in [0.4, 0.5) is 0 Å². The van der Waals surface area contributed by atoms with Gasteiger partial charge in [-0.1, -0.05) is 19.8 Å². The Morgan fingerprint density at radius 3 is 2.72 bits per heavy atom. The lowest BCUT2D eigenvalue weighted by molar-refractivity contribution is -0.0319. The van der Waals surface area contributed by atoms with Crippen molar-refractivity contribution in [3.05, 3.63) is 0 Å². The Hall–Kier alpha value is -0.160. The standard InChI is InChI=1S/C14H29NO3/c1-11-5-4-6-13(7-11)18-9-12(16)8-15-10-14(2,3)17/h11-13,15-17H,4-10H2,1-3H3. The van der Waals surface area contributed by atoms with E-state index in [1.807, 2.05) is 0 Å². The van der Waals surface area contributed by atoms with Gasteiger partial charge in [-0.3, -0.25) is 0 Å². The van der Waals surface area contributed by atoms with Crippen LogP contribution < -0.4 is 5.32 Å². The molecule has 1 aliphatic rings. The van der Waals surface area contributed by atoms with Crippen LogP contribution in [0.1, 0.15) is 46.5 Å². The first-order valence-electron chi connectivity index (χ1n) is 7.09. The number of aliphatic hydroxyl groups is 2. The molecular formula is C14H29NO3. The fraction of sp³-hybridized carbons (Fsp3) is 1.00. The van der Waals surface area contributed by atoms with Gasteiger partial charge in [-0.25, -0.2) is 0 Å². The Morgan fingerprint density at radius 2 is 2.11 bits per heavy atom. The van der Waals surface area contributed by atoms with Gasteiger partial charge in [0.15, 0.2) is 0 Å². The fourth-order valence-electron chi connectivity index (χ4n) is 2.38. The van der Waals surface area contributed by atoms with Crippen LogP contribution in [0.25, 0.3) is 0 Å². The van der Waals surface area contributed by atoms with Gasteiger partial charge >= 0.3 is 0 Å². The normalized spacial score (nSPS) is 27.2. The highest BCUT2D eigenvalue weighted by atomic mass is 16.5. The third-order valence-corrected chi connectivity index (χ3v) is 3.35. The van der Waals surface area contributed by atoms with Crippen molar-refractivity contribution in [3.63, 3.8) is 0 Å². The van der Waals surface area contributed by atoms with E-state index in [0.29, 0.717) is 25.8 Å². The molecule has 0 amide bonds. The largest absolute Gasteiger partial charge is 0.389 e. The second-order valence-electron chi connectivity index (χ2n) is 6.32. The Balaban J connectivity index is 2.07. The summed E-state index contributed by atoms with van der Waals surface area (Å²) >= 11 is 0. The van der Waals surface area contributed by atoms with E-state index in [1.54, 1.807) is 13.8 Å². The molecule has 0 spiro atoms. The smallest absolute Gasteiger partial charge is 0.0897 e. The molecule has 3 N–H and O–H groups in total. The van der Waals surface area contributed by atoms with Gasteiger partial charge < -0.3 is 20.3 Å². The van der Waals surface area contributed by atoms with Gasteiger partial charge in [0.1, 0.15) is 0 Å². The van der Waals surface area contributed by atoms with E-state index in [-0.39, 0.29) is 0 Å². The molecule has 1 saturated carbocycles. The highest BCUT2D eigenvalue weighted by Gasteiger charge is 2.20. The van der Waals surface area contributed by atoms with Crippen LogP contribution in [0.5, 0.6) is 0 Å². The molecule has 108 valence electrons. The minimum atomic E-state index is -0.737. The summed E-state index contributed by atoms with van der Waals surface area (Å²) in [7, 11) is 0. The lowest BCUT2D eigenvalue weighted by Gasteiger charge is -2.28. The maximum Gasteiger partial charge on any atom is 0.0897 e. The molecule has 3 atom stereocenters. The molecule has 4 nitrogen and oxygen atoms in total. The molecule has 1 fully saturated rings. The second-order valence-corrected chi connectivity index (χ2v) is 6.32. The molecule has 0 aromatic heterocycles. The van der Waals surface area contributed by atoms with Gasteiger partial charge in [-0.2, -0.15) is 0 Å². The van der Waals surface area contributed by atoms with Gasteiger partial charge in [-0.05, 0) is 32.6 Å². The highest BCUT2D eigenvalue weighted by molar-refractivity contribution is 4.73. The van der Waals surface area contributed by atoms with E-state index < -0.39 is 11.7 Å². The summed E-state index contributed by atoms with van der Waals surface area (Å²) in [5, 5.41) is 22.3. The number of nitrogens with one attached hydrogen (secondary N) is 1. The van der Waals surface area contributed by atoms with Crippen LogP contribution in [-0.4, -0.2) is 47.7 Å². The van der Waals surface area contributed by atoms with Crippen molar-refractivity contribution in [1.82, 2.24) is 5.32 Å². The molecule has 0 aromatic rings. The Labute approximate surface area is 111 Å². The number of hydrogen-bond acceptors (Lipinski definition) is 4. The van der Waals surface area contributed by atoms with Crippen LogP contribution in [-0.2, 0) is 4.74 Å². The zero-order chi connectivity index (χ0) is 13.6. The molecule has 18 heavy (non-hydrogen) atoms. The van der Waals surface area contributed by atoms with Crippen molar-refractivity contribution < 1.29 is 14.9 Å². The van der Waals surface area contributed by atoms with Crippen LogP contribution >= 0.6 is 0 Å². The fourth-order valence-corrected chi connectivity index (χ4v) is 2.38. The van der Waals surface area contributed by atoms with Crippen molar-refractivity contribution in [3.8, 4) is 0 Å². The Bertz CT molecular complexity index is 228. The van der Waals surface area contributed by atoms with Gasteiger partial charge in [0.2, 0.25) is 0 Å². The summed E-state index contributed by atoms with van der Waals surface area (Å²) in [6.45, 7) is 7.07. The maximum atomic E-state index is 9.77. The molecule has 0 saturated heterocycles. The van der Waals surface area contributed by atoms with Crippen LogP contribution in [0, 0.1) is 5.92 Å². The van der Waals surface area contributed by atoms with E-state index in [0.717, 1.165) is 18.8 Å². The molecule has 0 heterocycles. The molecule has 0 aromatic carbocycles. The zero-order valence-corrected chi connectivity index (χ0v) is 12.0. The first kappa shape index (κ1) is 15.9. The minimum Gasteiger partial charge on any atom is -0.389 e. The van der Waals surface area contributed by atoms with E-state index >= 15 is 0 Å². The number of rotatable bonds is 7. The van der Waals surface area contributed by atoms with Crippen molar-refractivity contribution in [2.75, 3.05) is 19.7 Å². The second kappa shape index (κ2) is 7.43. The average Bonchev–Trinajstić information content (AvgIpc) is 2.25. The van der Waals surface area contributed by atoms with Crippen molar-refractivity contribution >= 4 is 0 Å². The third kappa shape index (κ3) is 7.31. The molecule has 0 bridgehead atoms. The highest BCUT2D eigenvalue weighted by Crippen LogP contribution is 2.25. The SMILES string of the molecule is CC1CCCC(OCC(O)CNCC(C)(C)O)C1. The third-order valence-electron chi connectivity index (χ3n) is 3.35. The lowest BCUT2D eigenvalue weighted by Crippen LogP contribution is -2.40. The molecule has 1 aliphatic carbocycles. The van der Waals surface area contributed by atoms with E-state index in [2.05, 4.69) is 12.2 Å². The first-order chi connectivity index (χ1) is 8.37. The van der Waals surface area contributed by atoms with Gasteiger partial charge in [0, 0.05) is 13.1 Å². The van der Waals surface area contributed by atoms with Crippen molar-refractivity contribution in [2.24, 2.45) is 5.92 Å². The predicted molar refractivity (Wildman–Crippen MR) is 72.5 cm³/mol. The number of aliphatic hydroxyl groups excluding tert-OH is 1. The van der Waals surface area contributed by atoms with Gasteiger partial charge in [0.25, 0.3) is 0 Å². The molecule has 3 unspecified atom stereocenters. The maximum absolute atomic E-state index is 9.77. The molecule has 1 rings (SSSR count). The molecular weight excluding hydrogens is 230 g/mol. The minimum absolute atomic E-state index is 0.317. The van der Waals surface area contributed by atoms with Crippen molar-refractivity contribution in [1.29, 1.82) is 0 Å². The summed E-state index contributed by atoms with van der Waals surface area (Å²) in [5.74, 6) is 0.745. The first-order valence-corrected chi connectivity index (χ1v) is 7.09. The van der Waals surface area contributed by atoms with Crippen LogP contribution in [0.2, 0.25) is 0 Å². The van der Waals surface area contributed by atoms with Crippen LogP contribution in [0.3, 0.4) is 0 Å². The molecule has 0 radical (unpaired) electrons. The van der Waals surface area contributed by atoms with Crippen molar-refractivity contribution in [2.45, 2.75) is 64.3 Å². The molecule has 0 aliphatic heterocycles. The summed E-state index contributed by atoms with van der Waals surface area (Å²) in [4.78, 5) is 0. The lowest BCUT2D eigenvalue weighted by atomic mass is 9.89. The summed E-state index contributed by atoms with van der Waals surface area (Å²) in [6, 6.07) is 0. The summed E-state index contributed by atoms with van der Waals surface area (Å²) in [6.07, 6.45) is 4.59. The van der Waals surface area contributed by atoms with Gasteiger partial charge in [-0.15, -0.1) is 0 Å². The summed E-state index contributed by atoms with van der Waals surface area (Å²) < 4.78 is 5.75. The Morgan fingerprint density at radius 1 is 1.39 bits per heavy atom. The van der Waals surface area contributed by atoms with E-state index in [4.69, 9.17) is 4.74 Å². The zero-order valence-electron chi connectivity index (χ0n) is 12.0. The monoisotopic (exact) mass is 259 g/mol. The topological polar surface area (TPSA) is 61.7 Å². The van der Waals surface area contributed by atoms with E-state index in [9.17, 15) is 10.2 Å². The molecule has 4 heteroatoms. The quantitative estimate of drug-likeness (QED) is 0.645.